The van der Waals surface area contributed by atoms with E-state index in [0.29, 0.717) is 21.4 Å². The van der Waals surface area contributed by atoms with Crippen LogP contribution in [0.4, 0.5) is 5.69 Å². The van der Waals surface area contributed by atoms with Gasteiger partial charge in [0.05, 0.1) is 23.5 Å². The lowest BCUT2D eigenvalue weighted by atomic mass is 10.2. The Balaban J connectivity index is 1.64. The lowest BCUT2D eigenvalue weighted by molar-refractivity contribution is 0.102. The number of nitrogens with zero attached hydrogens (tertiary/aromatic N) is 2. The first-order valence-electron chi connectivity index (χ1n) is 7.92. The van der Waals surface area contributed by atoms with Crippen molar-refractivity contribution in [1.29, 1.82) is 0 Å². The molecule has 0 saturated carbocycles. The molecule has 0 fully saturated rings. The molecule has 0 aliphatic carbocycles. The number of halogens is 2. The first kappa shape index (κ1) is 17.9. The molecule has 0 spiro atoms. The van der Waals surface area contributed by atoms with Gasteiger partial charge in [-0.1, -0.05) is 23.2 Å². The third-order valence-electron chi connectivity index (χ3n) is 4.01. The Bertz CT molecular complexity index is 1140. The molecule has 1 amide bonds. The molecule has 0 saturated heterocycles. The highest BCUT2D eigenvalue weighted by Gasteiger charge is 2.16. The van der Waals surface area contributed by atoms with E-state index in [-0.39, 0.29) is 5.91 Å². The zero-order valence-electron chi connectivity index (χ0n) is 14.1. The normalized spacial score (nSPS) is 10.9. The molecular formula is C19H13Cl2N3O2S. The fourth-order valence-electron chi connectivity index (χ4n) is 2.63. The van der Waals surface area contributed by atoms with Crippen LogP contribution in [0.2, 0.25) is 10.0 Å². The average molecular weight is 418 g/mol. The molecule has 0 atom stereocenters. The van der Waals surface area contributed by atoms with Crippen LogP contribution in [0.3, 0.4) is 0 Å². The number of hydrogen-bond acceptors (Lipinski definition) is 4. The van der Waals surface area contributed by atoms with Gasteiger partial charge in [0.25, 0.3) is 5.91 Å². The first-order chi connectivity index (χ1) is 13.0. The van der Waals surface area contributed by atoms with Gasteiger partial charge in [-0.15, -0.1) is 11.3 Å². The largest absolute Gasteiger partial charge is 0.497 e. The van der Waals surface area contributed by atoms with E-state index in [1.165, 1.54) is 11.3 Å². The fraction of sp³-hybridized carbons (Fsp3) is 0.0526. The maximum atomic E-state index is 12.7. The van der Waals surface area contributed by atoms with Crippen molar-refractivity contribution in [2.75, 3.05) is 12.4 Å². The Morgan fingerprint density at radius 2 is 1.96 bits per heavy atom. The molecule has 2 aromatic carbocycles. The highest BCUT2D eigenvalue weighted by Crippen LogP contribution is 2.28. The second-order valence-electron chi connectivity index (χ2n) is 5.71. The van der Waals surface area contributed by atoms with Crippen molar-refractivity contribution < 1.29 is 9.53 Å². The van der Waals surface area contributed by atoms with Gasteiger partial charge in [0.2, 0.25) is 0 Å². The van der Waals surface area contributed by atoms with Gasteiger partial charge in [-0.2, -0.15) is 0 Å². The molecule has 2 aromatic heterocycles. The van der Waals surface area contributed by atoms with E-state index < -0.39 is 0 Å². The minimum Gasteiger partial charge on any atom is -0.497 e. The minimum absolute atomic E-state index is 0.274. The molecule has 4 aromatic rings. The number of benzene rings is 2. The topological polar surface area (TPSA) is 55.6 Å². The van der Waals surface area contributed by atoms with Gasteiger partial charge < -0.3 is 10.1 Å². The summed E-state index contributed by atoms with van der Waals surface area (Å²) in [6, 6.07) is 12.5. The van der Waals surface area contributed by atoms with E-state index in [2.05, 4.69) is 10.3 Å². The Hall–Kier alpha value is -2.54. The summed E-state index contributed by atoms with van der Waals surface area (Å²) in [4.78, 5) is 18.0. The number of amides is 1. The van der Waals surface area contributed by atoms with E-state index >= 15 is 0 Å². The predicted octanol–water partition coefficient (Wildman–Crippen LogP) is 5.63. The summed E-state index contributed by atoms with van der Waals surface area (Å²) >= 11 is 13.4. The standard InChI is InChI=1S/C19H13Cl2N3O2S/c1-26-13-5-2-11(3-6-13)16-9-24-17(10-27-19(24)23-16)18(25)22-15-7-4-12(20)8-14(15)21/h2-10H,1H3,(H,22,25). The Labute approximate surface area is 169 Å². The number of carbonyl (C=O) groups is 1. The van der Waals surface area contributed by atoms with Crippen LogP contribution in [0.1, 0.15) is 10.5 Å². The fourth-order valence-corrected chi connectivity index (χ4v) is 3.93. The maximum Gasteiger partial charge on any atom is 0.273 e. The maximum absolute atomic E-state index is 12.7. The van der Waals surface area contributed by atoms with Crippen LogP contribution in [0, 0.1) is 0 Å². The van der Waals surface area contributed by atoms with Crippen molar-refractivity contribution in [2.45, 2.75) is 0 Å². The van der Waals surface area contributed by atoms with Gasteiger partial charge in [0.1, 0.15) is 11.4 Å². The number of nitrogens with one attached hydrogen (secondary N) is 1. The van der Waals surface area contributed by atoms with Gasteiger partial charge in [0.15, 0.2) is 4.96 Å². The molecular weight excluding hydrogens is 405 g/mol. The molecule has 8 heteroatoms. The molecule has 0 bridgehead atoms. The summed E-state index contributed by atoms with van der Waals surface area (Å²) in [5, 5.41) is 5.46. The van der Waals surface area contributed by atoms with Crippen LogP contribution < -0.4 is 10.1 Å². The molecule has 5 nitrogen and oxygen atoms in total. The Morgan fingerprint density at radius 3 is 2.67 bits per heavy atom. The SMILES string of the molecule is COc1ccc(-c2cn3c(C(=O)Nc4ccc(Cl)cc4Cl)csc3n2)cc1. The quantitative estimate of drug-likeness (QED) is 0.467. The molecule has 2 heterocycles. The lowest BCUT2D eigenvalue weighted by Gasteiger charge is -2.06. The number of thiazole rings is 1. The van der Waals surface area contributed by atoms with E-state index in [1.807, 2.05) is 30.5 Å². The Morgan fingerprint density at radius 1 is 1.19 bits per heavy atom. The number of rotatable bonds is 4. The zero-order chi connectivity index (χ0) is 19.0. The monoisotopic (exact) mass is 417 g/mol. The van der Waals surface area contributed by atoms with Crippen LogP contribution in [0.5, 0.6) is 5.75 Å². The Kier molecular flexibility index (Phi) is 4.78. The number of hydrogen-bond donors (Lipinski definition) is 1. The molecule has 4 rings (SSSR count). The summed E-state index contributed by atoms with van der Waals surface area (Å²) in [6.07, 6.45) is 1.84. The van der Waals surface area contributed by atoms with Crippen LogP contribution in [0.25, 0.3) is 16.2 Å². The molecule has 136 valence electrons. The smallest absolute Gasteiger partial charge is 0.273 e. The first-order valence-corrected chi connectivity index (χ1v) is 9.56. The second kappa shape index (κ2) is 7.23. The summed E-state index contributed by atoms with van der Waals surface area (Å²) in [7, 11) is 1.62. The van der Waals surface area contributed by atoms with Crippen LogP contribution in [-0.2, 0) is 0 Å². The number of anilines is 1. The lowest BCUT2D eigenvalue weighted by Crippen LogP contribution is -2.14. The number of imidazole rings is 1. The third-order valence-corrected chi connectivity index (χ3v) is 5.39. The molecule has 0 radical (unpaired) electrons. The second-order valence-corrected chi connectivity index (χ2v) is 7.39. The summed E-state index contributed by atoms with van der Waals surface area (Å²) in [5.74, 6) is 0.504. The summed E-state index contributed by atoms with van der Waals surface area (Å²) in [5.41, 5.74) is 2.70. The van der Waals surface area contributed by atoms with E-state index in [0.717, 1.165) is 22.0 Å². The van der Waals surface area contributed by atoms with Crippen molar-refractivity contribution in [2.24, 2.45) is 0 Å². The minimum atomic E-state index is -0.274. The van der Waals surface area contributed by atoms with Gasteiger partial charge in [0, 0.05) is 22.2 Å². The predicted molar refractivity (Wildman–Crippen MR) is 109 cm³/mol. The van der Waals surface area contributed by atoms with Crippen molar-refractivity contribution in [1.82, 2.24) is 9.38 Å². The number of carbonyl (C=O) groups excluding carboxylic acids is 1. The molecule has 0 aliphatic heterocycles. The number of methoxy groups -OCH3 is 1. The van der Waals surface area contributed by atoms with E-state index in [4.69, 9.17) is 27.9 Å². The van der Waals surface area contributed by atoms with Crippen molar-refractivity contribution in [3.63, 3.8) is 0 Å². The van der Waals surface area contributed by atoms with Crippen molar-refractivity contribution in [3.05, 3.63) is 69.8 Å². The van der Waals surface area contributed by atoms with Gasteiger partial charge in [-0.25, -0.2) is 4.98 Å². The average Bonchev–Trinajstić information content (AvgIpc) is 3.24. The van der Waals surface area contributed by atoms with Gasteiger partial charge >= 0.3 is 0 Å². The number of fused-ring (bicyclic) bond motifs is 1. The highest BCUT2D eigenvalue weighted by atomic mass is 35.5. The summed E-state index contributed by atoms with van der Waals surface area (Å²) < 4.78 is 6.94. The molecule has 0 unspecified atom stereocenters. The van der Waals surface area contributed by atoms with E-state index in [1.54, 1.807) is 35.1 Å². The van der Waals surface area contributed by atoms with Crippen molar-refractivity contribution in [3.8, 4) is 17.0 Å². The van der Waals surface area contributed by atoms with Gasteiger partial charge in [-0.3, -0.25) is 9.20 Å². The highest BCUT2D eigenvalue weighted by molar-refractivity contribution is 7.15. The number of aromatic nitrogens is 2. The molecule has 1 N–H and O–H groups in total. The zero-order valence-corrected chi connectivity index (χ0v) is 16.4. The van der Waals surface area contributed by atoms with Crippen LogP contribution >= 0.6 is 34.5 Å². The molecule has 0 aliphatic rings. The summed E-state index contributed by atoms with van der Waals surface area (Å²) in [6.45, 7) is 0. The third kappa shape index (κ3) is 3.51. The molecule has 27 heavy (non-hydrogen) atoms. The van der Waals surface area contributed by atoms with Gasteiger partial charge in [-0.05, 0) is 42.5 Å². The van der Waals surface area contributed by atoms with Crippen LogP contribution in [-0.4, -0.2) is 22.4 Å². The number of ether oxygens (including phenoxy) is 1. The van der Waals surface area contributed by atoms with Crippen LogP contribution in [0.15, 0.2) is 54.0 Å². The van der Waals surface area contributed by atoms with Crippen molar-refractivity contribution >= 4 is 51.1 Å². The van der Waals surface area contributed by atoms with E-state index in [9.17, 15) is 4.79 Å².